The van der Waals surface area contributed by atoms with Crippen molar-refractivity contribution in [1.29, 1.82) is 0 Å². The predicted molar refractivity (Wildman–Crippen MR) is 110 cm³/mol. The third-order valence-corrected chi connectivity index (χ3v) is 5.13. The molecule has 1 aromatic heterocycles. The van der Waals surface area contributed by atoms with Crippen molar-refractivity contribution in [3.63, 3.8) is 0 Å². The molecule has 1 heterocycles. The first-order valence-electron chi connectivity index (χ1n) is 8.83. The number of halogens is 1. The maximum absolute atomic E-state index is 12.7. The molecular weight excluding hydrogens is 394 g/mol. The minimum atomic E-state index is -0.723. The third-order valence-electron chi connectivity index (χ3n) is 4.81. The normalized spacial score (nSPS) is 10.7. The second-order valence-corrected chi connectivity index (χ2v) is 6.83. The van der Waals surface area contributed by atoms with Crippen molar-refractivity contribution in [2.45, 2.75) is 20.5 Å². The van der Waals surface area contributed by atoms with Gasteiger partial charge < -0.3 is 14.2 Å². The summed E-state index contributed by atoms with van der Waals surface area (Å²) in [6.45, 7) is 3.88. The Labute approximate surface area is 173 Å². The first-order valence-corrected chi connectivity index (χ1v) is 9.21. The molecule has 0 N–H and O–H groups in total. The van der Waals surface area contributed by atoms with E-state index in [4.69, 9.17) is 25.8 Å². The molecule has 3 rings (SSSR count). The van der Waals surface area contributed by atoms with Crippen LogP contribution in [0.4, 0.5) is 0 Å². The maximum atomic E-state index is 12.7. The van der Waals surface area contributed by atoms with Gasteiger partial charge in [0.1, 0.15) is 17.3 Å². The molecule has 0 unspecified atom stereocenters. The van der Waals surface area contributed by atoms with E-state index in [1.54, 1.807) is 6.07 Å². The summed E-state index contributed by atoms with van der Waals surface area (Å²) in [4.78, 5) is 28.6. The predicted octanol–water partition coefficient (Wildman–Crippen LogP) is 4.69. The fraction of sp³-hybridized carbons (Fsp3) is 0.227. The summed E-state index contributed by atoms with van der Waals surface area (Å²) < 4.78 is 15.9. The standard InChI is InChI=1S/C22H20ClNO5/c1-12-5-6-14-9-16(21(23)24-19(14)13(12)2)11-29-22(26)18-15(10-25)7-8-17(27-3)20(18)28-4/h5-10H,11H2,1-4H3. The summed E-state index contributed by atoms with van der Waals surface area (Å²) in [6, 6.07) is 8.81. The molecule has 0 saturated heterocycles. The summed E-state index contributed by atoms with van der Waals surface area (Å²) in [6.07, 6.45) is 0.564. The Morgan fingerprint density at radius 2 is 1.90 bits per heavy atom. The highest BCUT2D eigenvalue weighted by Crippen LogP contribution is 2.34. The zero-order chi connectivity index (χ0) is 21.1. The van der Waals surface area contributed by atoms with Gasteiger partial charge in [-0.25, -0.2) is 9.78 Å². The van der Waals surface area contributed by atoms with Gasteiger partial charge in [-0.1, -0.05) is 23.7 Å². The molecule has 6 nitrogen and oxygen atoms in total. The summed E-state index contributed by atoms with van der Waals surface area (Å²) in [5.41, 5.74) is 3.67. The van der Waals surface area contributed by atoms with Crippen LogP contribution in [-0.2, 0) is 11.3 Å². The highest BCUT2D eigenvalue weighted by Gasteiger charge is 2.23. The van der Waals surface area contributed by atoms with Gasteiger partial charge in [0, 0.05) is 16.5 Å². The number of pyridine rings is 1. The lowest BCUT2D eigenvalue weighted by molar-refractivity contribution is 0.0466. The second kappa shape index (κ2) is 8.49. The van der Waals surface area contributed by atoms with E-state index in [0.717, 1.165) is 22.0 Å². The monoisotopic (exact) mass is 413 g/mol. The molecule has 0 saturated carbocycles. The Bertz CT molecular complexity index is 1110. The van der Waals surface area contributed by atoms with Gasteiger partial charge in [0.25, 0.3) is 0 Å². The average molecular weight is 414 g/mol. The van der Waals surface area contributed by atoms with E-state index in [1.165, 1.54) is 20.3 Å². The third kappa shape index (κ3) is 3.89. The van der Waals surface area contributed by atoms with Crippen molar-refractivity contribution in [2.24, 2.45) is 0 Å². The molecule has 3 aromatic rings. The summed E-state index contributed by atoms with van der Waals surface area (Å²) in [5, 5.41) is 1.16. The molecule has 0 spiro atoms. The van der Waals surface area contributed by atoms with Crippen LogP contribution in [0.5, 0.6) is 11.5 Å². The molecule has 0 fully saturated rings. The number of hydrogen-bond acceptors (Lipinski definition) is 6. The van der Waals surface area contributed by atoms with Gasteiger partial charge in [0.15, 0.2) is 17.8 Å². The molecule has 7 heteroatoms. The lowest BCUT2D eigenvalue weighted by Gasteiger charge is -2.14. The number of fused-ring (bicyclic) bond motifs is 1. The number of carbonyl (C=O) groups excluding carboxylic acids is 2. The molecule has 150 valence electrons. The van der Waals surface area contributed by atoms with Crippen LogP contribution in [-0.4, -0.2) is 31.5 Å². The molecule has 0 atom stereocenters. The minimum absolute atomic E-state index is 0.00168. The first-order chi connectivity index (χ1) is 13.9. The van der Waals surface area contributed by atoms with Crippen LogP contribution in [0.1, 0.15) is 37.4 Å². The highest BCUT2D eigenvalue weighted by molar-refractivity contribution is 6.30. The van der Waals surface area contributed by atoms with Crippen molar-refractivity contribution in [3.05, 3.63) is 63.3 Å². The number of benzene rings is 2. The quantitative estimate of drug-likeness (QED) is 0.331. The molecule has 29 heavy (non-hydrogen) atoms. The molecule has 2 aromatic carbocycles. The van der Waals surface area contributed by atoms with Crippen LogP contribution in [0.2, 0.25) is 5.15 Å². The first kappa shape index (κ1) is 20.6. The van der Waals surface area contributed by atoms with E-state index in [-0.39, 0.29) is 28.6 Å². The fourth-order valence-corrected chi connectivity index (χ4v) is 3.27. The van der Waals surface area contributed by atoms with E-state index in [1.807, 2.05) is 32.0 Å². The van der Waals surface area contributed by atoms with E-state index in [9.17, 15) is 9.59 Å². The number of aldehydes is 1. The van der Waals surface area contributed by atoms with Gasteiger partial charge in [0.2, 0.25) is 0 Å². The van der Waals surface area contributed by atoms with Crippen LogP contribution in [0.3, 0.4) is 0 Å². The molecular formula is C22H20ClNO5. The molecule has 0 amide bonds. The Balaban J connectivity index is 1.93. The number of aryl methyl sites for hydroxylation is 2. The second-order valence-electron chi connectivity index (χ2n) is 6.48. The van der Waals surface area contributed by atoms with E-state index in [0.29, 0.717) is 17.6 Å². The molecule has 0 aliphatic rings. The highest BCUT2D eigenvalue weighted by atomic mass is 35.5. The largest absolute Gasteiger partial charge is 0.493 e. The van der Waals surface area contributed by atoms with Crippen LogP contribution in [0.15, 0.2) is 30.3 Å². The van der Waals surface area contributed by atoms with E-state index in [2.05, 4.69) is 4.98 Å². The van der Waals surface area contributed by atoms with Gasteiger partial charge in [-0.3, -0.25) is 4.79 Å². The number of esters is 1. The summed E-state index contributed by atoms with van der Waals surface area (Å²) in [5.74, 6) is -0.267. The van der Waals surface area contributed by atoms with Gasteiger partial charge in [-0.05, 0) is 43.2 Å². The van der Waals surface area contributed by atoms with Crippen molar-refractivity contribution < 1.29 is 23.8 Å². The average Bonchev–Trinajstić information content (AvgIpc) is 2.73. The number of nitrogens with zero attached hydrogens (tertiary/aromatic N) is 1. The van der Waals surface area contributed by atoms with Gasteiger partial charge in [-0.2, -0.15) is 0 Å². The topological polar surface area (TPSA) is 74.7 Å². The summed E-state index contributed by atoms with van der Waals surface area (Å²) in [7, 11) is 2.83. The summed E-state index contributed by atoms with van der Waals surface area (Å²) >= 11 is 6.32. The van der Waals surface area contributed by atoms with Crippen molar-refractivity contribution >= 4 is 34.8 Å². The van der Waals surface area contributed by atoms with E-state index < -0.39 is 5.97 Å². The zero-order valence-electron chi connectivity index (χ0n) is 16.5. The molecule has 0 radical (unpaired) electrons. The number of carbonyl (C=O) groups is 2. The van der Waals surface area contributed by atoms with Gasteiger partial charge in [-0.15, -0.1) is 0 Å². The Morgan fingerprint density at radius 1 is 1.14 bits per heavy atom. The van der Waals surface area contributed by atoms with Crippen LogP contribution in [0.25, 0.3) is 10.9 Å². The van der Waals surface area contributed by atoms with Gasteiger partial charge in [0.05, 0.1) is 19.7 Å². The lowest BCUT2D eigenvalue weighted by Crippen LogP contribution is -2.11. The van der Waals surface area contributed by atoms with Crippen molar-refractivity contribution in [1.82, 2.24) is 4.98 Å². The van der Waals surface area contributed by atoms with Crippen molar-refractivity contribution in [3.8, 4) is 11.5 Å². The minimum Gasteiger partial charge on any atom is -0.493 e. The van der Waals surface area contributed by atoms with Crippen LogP contribution >= 0.6 is 11.6 Å². The maximum Gasteiger partial charge on any atom is 0.343 e. The smallest absolute Gasteiger partial charge is 0.343 e. The number of hydrogen-bond donors (Lipinski definition) is 0. The molecule has 0 aliphatic carbocycles. The Kier molecular flexibility index (Phi) is 6.03. The lowest BCUT2D eigenvalue weighted by atomic mass is 10.0. The molecule has 0 aliphatic heterocycles. The van der Waals surface area contributed by atoms with Crippen molar-refractivity contribution in [2.75, 3.05) is 14.2 Å². The van der Waals surface area contributed by atoms with E-state index >= 15 is 0 Å². The molecule has 0 bridgehead atoms. The number of rotatable bonds is 6. The van der Waals surface area contributed by atoms with Crippen LogP contribution < -0.4 is 9.47 Å². The number of aromatic nitrogens is 1. The Morgan fingerprint density at radius 3 is 2.55 bits per heavy atom. The fourth-order valence-electron chi connectivity index (χ4n) is 3.07. The number of ether oxygens (including phenoxy) is 3. The SMILES string of the molecule is COc1ccc(C=O)c(C(=O)OCc2cc3ccc(C)c(C)c3nc2Cl)c1OC. The number of methoxy groups -OCH3 is 2. The Hall–Kier alpha value is -3.12. The van der Waals surface area contributed by atoms with Gasteiger partial charge >= 0.3 is 5.97 Å². The van der Waals surface area contributed by atoms with Crippen LogP contribution in [0, 0.1) is 13.8 Å². The zero-order valence-corrected chi connectivity index (χ0v) is 17.3.